The summed E-state index contributed by atoms with van der Waals surface area (Å²) in [5.41, 5.74) is 0. The summed E-state index contributed by atoms with van der Waals surface area (Å²) in [6.45, 7) is 7.90. The Morgan fingerprint density at radius 3 is 2.93 bits per heavy atom. The Hall–Kier alpha value is -0.590. The Kier molecular flexibility index (Phi) is 3.28. The van der Waals surface area contributed by atoms with Crippen LogP contribution in [-0.4, -0.2) is 47.6 Å². The molecule has 2 aliphatic heterocycles. The fraction of sp³-hybridized carbons (Fsp3) is 0.917. The van der Waals surface area contributed by atoms with Crippen LogP contribution in [0.25, 0.3) is 0 Å². The van der Waals surface area contributed by atoms with Crippen LogP contribution in [0.2, 0.25) is 0 Å². The maximum absolute atomic E-state index is 9.13. The molecule has 3 heteroatoms. The molecule has 84 valence electrons. The van der Waals surface area contributed by atoms with Crippen molar-refractivity contribution in [3.8, 4) is 6.07 Å². The fourth-order valence-corrected chi connectivity index (χ4v) is 3.04. The highest BCUT2D eigenvalue weighted by Gasteiger charge is 2.36. The minimum atomic E-state index is 0.128. The number of hydrogen-bond donors (Lipinski definition) is 0. The van der Waals surface area contributed by atoms with E-state index in [1.807, 2.05) is 0 Å². The van der Waals surface area contributed by atoms with Crippen LogP contribution < -0.4 is 0 Å². The van der Waals surface area contributed by atoms with E-state index in [0.29, 0.717) is 6.04 Å². The Labute approximate surface area is 92.7 Å². The van der Waals surface area contributed by atoms with E-state index in [4.69, 9.17) is 5.26 Å². The van der Waals surface area contributed by atoms with Crippen LogP contribution >= 0.6 is 0 Å². The molecule has 2 aliphatic rings. The zero-order valence-corrected chi connectivity index (χ0v) is 9.82. The van der Waals surface area contributed by atoms with Gasteiger partial charge in [-0.05, 0) is 32.7 Å². The summed E-state index contributed by atoms with van der Waals surface area (Å²) in [7, 11) is 0. The van der Waals surface area contributed by atoms with Crippen molar-refractivity contribution in [2.45, 2.75) is 51.2 Å². The number of piperazine rings is 1. The van der Waals surface area contributed by atoms with E-state index in [1.54, 1.807) is 0 Å². The van der Waals surface area contributed by atoms with Crippen LogP contribution in [0, 0.1) is 11.3 Å². The Morgan fingerprint density at radius 1 is 1.47 bits per heavy atom. The SMILES string of the molecule is CCC(C#N)N1CC2CCCN2CC1C. The van der Waals surface area contributed by atoms with Gasteiger partial charge < -0.3 is 0 Å². The number of hydrogen-bond acceptors (Lipinski definition) is 3. The third-order valence-corrected chi connectivity index (χ3v) is 3.92. The van der Waals surface area contributed by atoms with Crippen LogP contribution in [0.4, 0.5) is 0 Å². The van der Waals surface area contributed by atoms with Gasteiger partial charge in [0.25, 0.3) is 0 Å². The highest BCUT2D eigenvalue weighted by Crippen LogP contribution is 2.26. The molecule has 3 nitrogen and oxygen atoms in total. The van der Waals surface area contributed by atoms with Crippen LogP contribution in [0.15, 0.2) is 0 Å². The van der Waals surface area contributed by atoms with Crippen molar-refractivity contribution in [3.63, 3.8) is 0 Å². The first-order valence-corrected chi connectivity index (χ1v) is 6.15. The zero-order chi connectivity index (χ0) is 10.8. The standard InChI is InChI=1S/C12H21N3/c1-3-11(7-13)15-9-12-5-4-6-14(12)8-10(15)2/h10-12H,3-6,8-9H2,1-2H3. The van der Waals surface area contributed by atoms with E-state index >= 15 is 0 Å². The normalized spacial score (nSPS) is 34.7. The van der Waals surface area contributed by atoms with Gasteiger partial charge >= 0.3 is 0 Å². The lowest BCUT2D eigenvalue weighted by Gasteiger charge is -2.44. The van der Waals surface area contributed by atoms with Gasteiger partial charge in [0, 0.05) is 25.2 Å². The maximum Gasteiger partial charge on any atom is 0.0978 e. The molecule has 0 spiro atoms. The molecule has 2 rings (SSSR count). The van der Waals surface area contributed by atoms with Crippen LogP contribution in [-0.2, 0) is 0 Å². The summed E-state index contributed by atoms with van der Waals surface area (Å²) < 4.78 is 0. The molecule has 0 aromatic heterocycles. The number of fused-ring (bicyclic) bond motifs is 1. The Bertz CT molecular complexity index is 258. The van der Waals surface area contributed by atoms with Crippen molar-refractivity contribution in [3.05, 3.63) is 0 Å². The third-order valence-electron chi connectivity index (χ3n) is 3.92. The van der Waals surface area contributed by atoms with Crippen molar-refractivity contribution < 1.29 is 0 Å². The van der Waals surface area contributed by atoms with Gasteiger partial charge in [0.05, 0.1) is 12.1 Å². The molecule has 0 N–H and O–H groups in total. The van der Waals surface area contributed by atoms with E-state index in [0.717, 1.165) is 25.6 Å². The number of nitrogens with zero attached hydrogens (tertiary/aromatic N) is 3. The summed E-state index contributed by atoms with van der Waals surface area (Å²) in [5.74, 6) is 0. The van der Waals surface area contributed by atoms with Crippen LogP contribution in [0.5, 0.6) is 0 Å². The van der Waals surface area contributed by atoms with Crippen molar-refractivity contribution in [2.24, 2.45) is 0 Å². The van der Waals surface area contributed by atoms with E-state index in [1.165, 1.54) is 19.4 Å². The van der Waals surface area contributed by atoms with Crippen LogP contribution in [0.1, 0.15) is 33.1 Å². The molecule has 0 bridgehead atoms. The summed E-state index contributed by atoms with van der Waals surface area (Å²) >= 11 is 0. The van der Waals surface area contributed by atoms with Crippen molar-refractivity contribution >= 4 is 0 Å². The average Bonchev–Trinajstić information content (AvgIpc) is 2.67. The van der Waals surface area contributed by atoms with Gasteiger partial charge in [-0.2, -0.15) is 5.26 Å². The van der Waals surface area contributed by atoms with Gasteiger partial charge in [0.2, 0.25) is 0 Å². The molecular weight excluding hydrogens is 186 g/mol. The van der Waals surface area contributed by atoms with Crippen molar-refractivity contribution in [2.75, 3.05) is 19.6 Å². The second-order valence-corrected chi connectivity index (χ2v) is 4.89. The van der Waals surface area contributed by atoms with Crippen LogP contribution in [0.3, 0.4) is 0 Å². The monoisotopic (exact) mass is 207 g/mol. The van der Waals surface area contributed by atoms with Gasteiger partial charge in [-0.15, -0.1) is 0 Å². The topological polar surface area (TPSA) is 30.3 Å². The van der Waals surface area contributed by atoms with Gasteiger partial charge in [0.1, 0.15) is 0 Å². The maximum atomic E-state index is 9.13. The first-order chi connectivity index (χ1) is 7.26. The summed E-state index contributed by atoms with van der Waals surface area (Å²) in [6.07, 6.45) is 3.62. The molecule has 0 aromatic rings. The van der Waals surface area contributed by atoms with Gasteiger partial charge in [0.15, 0.2) is 0 Å². The highest BCUT2D eigenvalue weighted by atomic mass is 15.3. The molecule has 0 saturated carbocycles. The first-order valence-electron chi connectivity index (χ1n) is 6.15. The smallest absolute Gasteiger partial charge is 0.0978 e. The van der Waals surface area contributed by atoms with Crippen molar-refractivity contribution in [1.82, 2.24) is 9.80 Å². The zero-order valence-electron chi connectivity index (χ0n) is 9.82. The lowest BCUT2D eigenvalue weighted by Crippen LogP contribution is -2.57. The van der Waals surface area contributed by atoms with Gasteiger partial charge in [-0.1, -0.05) is 6.92 Å². The van der Waals surface area contributed by atoms with Gasteiger partial charge in [-0.25, -0.2) is 0 Å². The molecule has 0 aliphatic carbocycles. The molecule has 15 heavy (non-hydrogen) atoms. The molecule has 2 heterocycles. The quantitative estimate of drug-likeness (QED) is 0.686. The molecule has 0 aromatic carbocycles. The predicted octanol–water partition coefficient (Wildman–Crippen LogP) is 1.46. The van der Waals surface area contributed by atoms with E-state index in [9.17, 15) is 0 Å². The molecule has 0 radical (unpaired) electrons. The lowest BCUT2D eigenvalue weighted by molar-refractivity contribution is 0.0420. The Balaban J connectivity index is 2.04. The molecule has 3 atom stereocenters. The summed E-state index contributed by atoms with van der Waals surface area (Å²) in [5, 5.41) is 9.13. The highest BCUT2D eigenvalue weighted by molar-refractivity contribution is 4.99. The van der Waals surface area contributed by atoms with Crippen molar-refractivity contribution in [1.29, 1.82) is 5.26 Å². The Morgan fingerprint density at radius 2 is 2.27 bits per heavy atom. The molecule has 3 unspecified atom stereocenters. The second-order valence-electron chi connectivity index (χ2n) is 4.89. The van der Waals surface area contributed by atoms with E-state index < -0.39 is 0 Å². The van der Waals surface area contributed by atoms with E-state index in [2.05, 4.69) is 29.7 Å². The number of rotatable bonds is 2. The number of nitriles is 1. The fourth-order valence-electron chi connectivity index (χ4n) is 3.04. The summed E-state index contributed by atoms with van der Waals surface area (Å²) in [6, 6.07) is 3.84. The summed E-state index contributed by atoms with van der Waals surface area (Å²) in [4.78, 5) is 5.01. The first kappa shape index (κ1) is 10.9. The second kappa shape index (κ2) is 4.51. The molecule has 0 amide bonds. The largest absolute Gasteiger partial charge is 0.298 e. The third kappa shape index (κ3) is 2.02. The molecule has 2 fully saturated rings. The van der Waals surface area contributed by atoms with Gasteiger partial charge in [-0.3, -0.25) is 9.80 Å². The minimum Gasteiger partial charge on any atom is -0.298 e. The average molecular weight is 207 g/mol. The predicted molar refractivity (Wildman–Crippen MR) is 60.5 cm³/mol. The molecular formula is C12H21N3. The molecule has 2 saturated heterocycles. The van der Waals surface area contributed by atoms with E-state index in [-0.39, 0.29) is 6.04 Å². The minimum absolute atomic E-state index is 0.128. The lowest BCUT2D eigenvalue weighted by atomic mass is 10.0.